The van der Waals surface area contributed by atoms with Crippen molar-refractivity contribution in [3.8, 4) is 5.82 Å². The lowest BCUT2D eigenvalue weighted by Gasteiger charge is -2.34. The Morgan fingerprint density at radius 1 is 0.962 bits per heavy atom. The second-order valence-corrected chi connectivity index (χ2v) is 6.30. The van der Waals surface area contributed by atoms with Gasteiger partial charge >= 0.3 is 0 Å². The average molecular weight is 348 g/mol. The molecule has 1 fully saturated rings. The molecule has 1 aliphatic heterocycles. The maximum atomic E-state index is 12.7. The Morgan fingerprint density at radius 2 is 1.77 bits per heavy atom. The van der Waals surface area contributed by atoms with Crippen molar-refractivity contribution in [3.05, 3.63) is 72.7 Å². The Hall–Kier alpha value is -3.06. The standard InChI is InChI=1S/C19H20N6O/c26-19(17-1-2-18(22-13-17)25-8-7-21-15-25)24-11-9-23(10-12-24)14-16-3-5-20-6-4-16/h1-8,13,15H,9-12,14H2. The van der Waals surface area contributed by atoms with Crippen LogP contribution in [-0.2, 0) is 6.54 Å². The molecule has 4 rings (SSSR count). The molecule has 132 valence electrons. The van der Waals surface area contributed by atoms with Crippen molar-refractivity contribution in [1.29, 1.82) is 0 Å². The fourth-order valence-electron chi connectivity index (χ4n) is 3.10. The minimum absolute atomic E-state index is 0.0400. The molecule has 1 aliphatic rings. The van der Waals surface area contributed by atoms with E-state index in [1.54, 1.807) is 18.7 Å². The van der Waals surface area contributed by atoms with E-state index in [4.69, 9.17) is 0 Å². The fourth-order valence-corrected chi connectivity index (χ4v) is 3.10. The van der Waals surface area contributed by atoms with Gasteiger partial charge < -0.3 is 4.90 Å². The van der Waals surface area contributed by atoms with Crippen LogP contribution in [0.1, 0.15) is 15.9 Å². The summed E-state index contributed by atoms with van der Waals surface area (Å²) in [5, 5.41) is 0. The quantitative estimate of drug-likeness (QED) is 0.717. The maximum Gasteiger partial charge on any atom is 0.255 e. The van der Waals surface area contributed by atoms with Crippen LogP contribution < -0.4 is 0 Å². The van der Waals surface area contributed by atoms with E-state index >= 15 is 0 Å². The van der Waals surface area contributed by atoms with Crippen molar-refractivity contribution in [3.63, 3.8) is 0 Å². The summed E-state index contributed by atoms with van der Waals surface area (Å²) in [5.41, 5.74) is 1.87. The van der Waals surface area contributed by atoms with Crippen molar-refractivity contribution < 1.29 is 4.79 Å². The van der Waals surface area contributed by atoms with Gasteiger partial charge in [0.05, 0.1) is 5.56 Å². The van der Waals surface area contributed by atoms with Gasteiger partial charge in [-0.25, -0.2) is 9.97 Å². The highest BCUT2D eigenvalue weighted by atomic mass is 16.2. The van der Waals surface area contributed by atoms with Crippen LogP contribution >= 0.6 is 0 Å². The van der Waals surface area contributed by atoms with E-state index in [1.807, 2.05) is 52.3 Å². The molecule has 0 atom stereocenters. The molecule has 3 aromatic heterocycles. The molecular weight excluding hydrogens is 328 g/mol. The predicted molar refractivity (Wildman–Crippen MR) is 96.8 cm³/mol. The molecule has 7 nitrogen and oxygen atoms in total. The van der Waals surface area contributed by atoms with E-state index in [0.717, 1.165) is 38.5 Å². The molecule has 0 bridgehead atoms. The van der Waals surface area contributed by atoms with Gasteiger partial charge in [-0.15, -0.1) is 0 Å². The molecule has 3 aromatic rings. The van der Waals surface area contributed by atoms with E-state index in [1.165, 1.54) is 5.56 Å². The minimum Gasteiger partial charge on any atom is -0.336 e. The second kappa shape index (κ2) is 7.45. The summed E-state index contributed by atoms with van der Waals surface area (Å²) in [4.78, 5) is 29.4. The van der Waals surface area contributed by atoms with Crippen molar-refractivity contribution in [1.82, 2.24) is 29.3 Å². The van der Waals surface area contributed by atoms with Gasteiger partial charge in [-0.3, -0.25) is 19.2 Å². The Labute approximate surface area is 151 Å². The van der Waals surface area contributed by atoms with Crippen LogP contribution in [0.4, 0.5) is 0 Å². The summed E-state index contributed by atoms with van der Waals surface area (Å²) in [6.07, 6.45) is 10.5. The number of carbonyl (C=O) groups is 1. The normalized spacial score (nSPS) is 15.2. The van der Waals surface area contributed by atoms with Gasteiger partial charge in [0.2, 0.25) is 0 Å². The molecule has 0 N–H and O–H groups in total. The Bertz CT molecular complexity index is 840. The predicted octanol–water partition coefficient (Wildman–Crippen LogP) is 1.62. The van der Waals surface area contributed by atoms with Crippen LogP contribution in [0.3, 0.4) is 0 Å². The molecule has 0 unspecified atom stereocenters. The SMILES string of the molecule is O=C(c1ccc(-n2ccnc2)nc1)N1CCN(Cc2ccncc2)CC1. The number of nitrogens with zero attached hydrogens (tertiary/aromatic N) is 6. The smallest absolute Gasteiger partial charge is 0.255 e. The Morgan fingerprint density at radius 3 is 2.42 bits per heavy atom. The summed E-state index contributed by atoms with van der Waals surface area (Å²) < 4.78 is 1.81. The average Bonchev–Trinajstić information content (AvgIpc) is 3.24. The van der Waals surface area contributed by atoms with Crippen LogP contribution in [0.2, 0.25) is 0 Å². The minimum atomic E-state index is 0.0400. The molecule has 0 aromatic carbocycles. The summed E-state index contributed by atoms with van der Waals surface area (Å²) in [5.74, 6) is 0.791. The molecule has 0 aliphatic carbocycles. The number of hydrogen-bond donors (Lipinski definition) is 0. The van der Waals surface area contributed by atoms with Gasteiger partial charge in [-0.1, -0.05) is 0 Å². The number of hydrogen-bond acceptors (Lipinski definition) is 5. The lowest BCUT2D eigenvalue weighted by Crippen LogP contribution is -2.48. The molecule has 0 saturated carbocycles. The topological polar surface area (TPSA) is 67.2 Å². The number of pyridine rings is 2. The first-order chi connectivity index (χ1) is 12.8. The van der Waals surface area contributed by atoms with Crippen LogP contribution in [0.25, 0.3) is 5.82 Å². The van der Waals surface area contributed by atoms with E-state index in [2.05, 4.69) is 19.9 Å². The number of aromatic nitrogens is 4. The number of carbonyl (C=O) groups excluding carboxylic acids is 1. The highest BCUT2D eigenvalue weighted by Crippen LogP contribution is 2.12. The van der Waals surface area contributed by atoms with Gasteiger partial charge in [0.1, 0.15) is 12.1 Å². The Kier molecular flexibility index (Phi) is 4.70. The zero-order chi connectivity index (χ0) is 17.8. The molecular formula is C19H20N6O. The zero-order valence-electron chi connectivity index (χ0n) is 14.4. The first-order valence-corrected chi connectivity index (χ1v) is 8.64. The van der Waals surface area contributed by atoms with Crippen molar-refractivity contribution in [2.45, 2.75) is 6.54 Å². The molecule has 26 heavy (non-hydrogen) atoms. The van der Waals surface area contributed by atoms with Crippen LogP contribution in [-0.4, -0.2) is 61.4 Å². The summed E-state index contributed by atoms with van der Waals surface area (Å²) in [6.45, 7) is 4.09. The molecule has 1 amide bonds. The van der Waals surface area contributed by atoms with Gasteiger partial charge in [0, 0.05) is 63.7 Å². The van der Waals surface area contributed by atoms with Crippen LogP contribution in [0, 0.1) is 0 Å². The monoisotopic (exact) mass is 348 g/mol. The zero-order valence-corrected chi connectivity index (χ0v) is 14.4. The van der Waals surface area contributed by atoms with E-state index in [0.29, 0.717) is 5.56 Å². The van der Waals surface area contributed by atoms with Gasteiger partial charge in [-0.05, 0) is 29.8 Å². The van der Waals surface area contributed by atoms with Crippen molar-refractivity contribution >= 4 is 5.91 Å². The first kappa shape index (κ1) is 16.4. The molecule has 0 spiro atoms. The fraction of sp³-hybridized carbons (Fsp3) is 0.263. The molecule has 1 saturated heterocycles. The summed E-state index contributed by atoms with van der Waals surface area (Å²) in [7, 11) is 0. The second-order valence-electron chi connectivity index (χ2n) is 6.30. The highest BCUT2D eigenvalue weighted by molar-refractivity contribution is 5.94. The summed E-state index contributed by atoms with van der Waals surface area (Å²) >= 11 is 0. The number of imidazole rings is 1. The van der Waals surface area contributed by atoms with E-state index in [-0.39, 0.29) is 5.91 Å². The lowest BCUT2D eigenvalue weighted by atomic mass is 10.2. The number of amides is 1. The highest BCUT2D eigenvalue weighted by Gasteiger charge is 2.22. The maximum absolute atomic E-state index is 12.7. The van der Waals surface area contributed by atoms with Crippen LogP contribution in [0.5, 0.6) is 0 Å². The van der Waals surface area contributed by atoms with Crippen molar-refractivity contribution in [2.75, 3.05) is 26.2 Å². The third kappa shape index (κ3) is 3.62. The van der Waals surface area contributed by atoms with Crippen molar-refractivity contribution in [2.24, 2.45) is 0 Å². The van der Waals surface area contributed by atoms with E-state index in [9.17, 15) is 4.79 Å². The Balaban J connectivity index is 1.34. The van der Waals surface area contributed by atoms with Crippen LogP contribution in [0.15, 0.2) is 61.6 Å². The summed E-state index contributed by atoms with van der Waals surface area (Å²) in [6, 6.07) is 7.73. The molecule has 4 heterocycles. The number of rotatable bonds is 4. The van der Waals surface area contributed by atoms with Gasteiger partial charge in [-0.2, -0.15) is 0 Å². The van der Waals surface area contributed by atoms with Gasteiger partial charge in [0.25, 0.3) is 5.91 Å². The van der Waals surface area contributed by atoms with E-state index < -0.39 is 0 Å². The number of piperazine rings is 1. The van der Waals surface area contributed by atoms with Gasteiger partial charge in [0.15, 0.2) is 0 Å². The third-order valence-corrected chi connectivity index (χ3v) is 4.58. The third-order valence-electron chi connectivity index (χ3n) is 4.58. The first-order valence-electron chi connectivity index (χ1n) is 8.64. The molecule has 7 heteroatoms. The molecule has 0 radical (unpaired) electrons. The lowest BCUT2D eigenvalue weighted by molar-refractivity contribution is 0.0628. The largest absolute Gasteiger partial charge is 0.336 e.